The van der Waals surface area contributed by atoms with Crippen LogP contribution in [0.1, 0.15) is 97.3 Å². The molecule has 0 radical (unpaired) electrons. The van der Waals surface area contributed by atoms with Gasteiger partial charge in [0.1, 0.15) is 19.3 Å². The number of phosphoric acid groups is 1. The summed E-state index contributed by atoms with van der Waals surface area (Å²) in [6.07, 6.45) is 21.4. The predicted molar refractivity (Wildman–Crippen MR) is 153 cm³/mol. The highest BCUT2D eigenvalue weighted by Gasteiger charge is 2.20. The van der Waals surface area contributed by atoms with Gasteiger partial charge in [0.05, 0.1) is 34.4 Å². The van der Waals surface area contributed by atoms with E-state index < -0.39 is 13.9 Å². The zero-order chi connectivity index (χ0) is 28.5. The van der Waals surface area contributed by atoms with E-state index in [-0.39, 0.29) is 32.2 Å². The number of unbranched alkanes of at least 4 members (excludes halogenated alkanes) is 8. The number of likely N-dealkylation sites (N-methyl/N-ethyl adjacent to an activating group) is 1. The van der Waals surface area contributed by atoms with Crippen LogP contribution in [0.4, 0.5) is 0 Å². The summed E-state index contributed by atoms with van der Waals surface area (Å²) < 4.78 is 33.7. The Balaban J connectivity index is 4.12. The Morgan fingerprint density at radius 2 is 1.47 bits per heavy atom. The first-order valence-electron chi connectivity index (χ1n) is 14.6. The predicted octanol–water partition coefficient (Wildman–Crippen LogP) is 6.35. The molecule has 0 rings (SSSR count). The highest BCUT2D eigenvalue weighted by Crippen LogP contribution is 2.38. The summed E-state index contributed by atoms with van der Waals surface area (Å²) in [5.41, 5.74) is 0. The number of quaternary nitrogens is 1. The molecule has 0 aromatic rings. The number of hydrogen-bond acceptors (Lipinski definition) is 7. The average molecular weight is 562 g/mol. The van der Waals surface area contributed by atoms with E-state index in [1.165, 1.54) is 25.7 Å². The van der Waals surface area contributed by atoms with Crippen molar-refractivity contribution in [3.05, 3.63) is 24.3 Å². The van der Waals surface area contributed by atoms with E-state index in [0.717, 1.165) is 44.9 Å². The monoisotopic (exact) mass is 561 g/mol. The van der Waals surface area contributed by atoms with E-state index in [0.29, 0.717) is 24.1 Å². The molecule has 0 aliphatic carbocycles. The van der Waals surface area contributed by atoms with Crippen LogP contribution in [0.5, 0.6) is 0 Å². The number of nitrogens with zero attached hydrogens (tertiary/aromatic N) is 1. The molecule has 0 spiro atoms. The van der Waals surface area contributed by atoms with E-state index in [9.17, 15) is 14.3 Å². The van der Waals surface area contributed by atoms with Crippen LogP contribution < -0.4 is 4.89 Å². The number of ether oxygens (including phenoxy) is 2. The number of allylic oxidation sites excluding steroid dienone is 4. The summed E-state index contributed by atoms with van der Waals surface area (Å²) >= 11 is 0. The maximum Gasteiger partial charge on any atom is 0.306 e. The number of esters is 1. The molecular formula is C29H56NO7P. The van der Waals surface area contributed by atoms with Gasteiger partial charge in [0, 0.05) is 13.0 Å². The van der Waals surface area contributed by atoms with E-state index in [4.69, 9.17) is 18.5 Å². The van der Waals surface area contributed by atoms with Crippen molar-refractivity contribution in [3.8, 4) is 0 Å². The zero-order valence-corrected chi connectivity index (χ0v) is 25.8. The SMILES string of the molecule is CCC/C=C\C/C=C\CCCCCCCCOCC(COP(=O)([O-])OCC[N+](C)(C)C)OC(=O)CCCC. The second-order valence-corrected chi connectivity index (χ2v) is 12.2. The van der Waals surface area contributed by atoms with Crippen LogP contribution in [-0.4, -0.2) is 70.7 Å². The van der Waals surface area contributed by atoms with Crippen LogP contribution in [-0.2, 0) is 27.9 Å². The second-order valence-electron chi connectivity index (χ2n) is 10.8. The van der Waals surface area contributed by atoms with Crippen LogP contribution in [0, 0.1) is 0 Å². The van der Waals surface area contributed by atoms with Crippen LogP contribution >= 0.6 is 7.82 Å². The Bertz CT molecular complexity index is 676. The molecule has 0 N–H and O–H groups in total. The summed E-state index contributed by atoms with van der Waals surface area (Å²) in [7, 11) is 1.34. The molecule has 2 atom stereocenters. The minimum absolute atomic E-state index is 0.0230. The number of phosphoric ester groups is 1. The molecule has 224 valence electrons. The smallest absolute Gasteiger partial charge is 0.306 e. The first-order chi connectivity index (χ1) is 18.1. The number of rotatable bonds is 26. The van der Waals surface area contributed by atoms with Crippen molar-refractivity contribution in [2.45, 2.75) is 103 Å². The molecule has 0 fully saturated rings. The van der Waals surface area contributed by atoms with Crippen LogP contribution in [0.3, 0.4) is 0 Å². The number of carbonyl (C=O) groups is 1. The molecule has 0 amide bonds. The average Bonchev–Trinajstić information content (AvgIpc) is 2.84. The minimum Gasteiger partial charge on any atom is -0.756 e. The molecule has 0 saturated carbocycles. The number of carbonyl (C=O) groups excluding carboxylic acids is 1. The molecule has 8 nitrogen and oxygen atoms in total. The first kappa shape index (κ1) is 37.0. The van der Waals surface area contributed by atoms with E-state index in [2.05, 4.69) is 31.2 Å². The third kappa shape index (κ3) is 26.6. The maximum atomic E-state index is 12.1. The summed E-state index contributed by atoms with van der Waals surface area (Å²) in [6, 6.07) is 0. The summed E-state index contributed by atoms with van der Waals surface area (Å²) in [4.78, 5) is 24.2. The van der Waals surface area contributed by atoms with Crippen molar-refractivity contribution >= 4 is 13.8 Å². The third-order valence-electron chi connectivity index (χ3n) is 5.74. The largest absolute Gasteiger partial charge is 0.756 e. The van der Waals surface area contributed by atoms with Gasteiger partial charge in [0.15, 0.2) is 0 Å². The van der Waals surface area contributed by atoms with Crippen molar-refractivity contribution in [2.75, 3.05) is 54.1 Å². The van der Waals surface area contributed by atoms with Gasteiger partial charge < -0.3 is 27.9 Å². The van der Waals surface area contributed by atoms with Gasteiger partial charge in [-0.05, 0) is 38.5 Å². The van der Waals surface area contributed by atoms with Crippen LogP contribution in [0.15, 0.2) is 24.3 Å². The van der Waals surface area contributed by atoms with Crippen molar-refractivity contribution < 1.29 is 37.3 Å². The topological polar surface area (TPSA) is 94.1 Å². The van der Waals surface area contributed by atoms with E-state index >= 15 is 0 Å². The fourth-order valence-corrected chi connectivity index (χ4v) is 4.11. The molecule has 2 unspecified atom stereocenters. The van der Waals surface area contributed by atoms with Gasteiger partial charge in [-0.1, -0.05) is 76.7 Å². The molecule has 0 saturated heterocycles. The normalized spacial score (nSPS) is 14.8. The molecule has 38 heavy (non-hydrogen) atoms. The molecule has 0 aliphatic rings. The standard InChI is InChI=1S/C29H56NO7P/c1-6-8-10-11-12-13-14-15-16-17-18-19-20-21-24-34-26-28(37-29(31)22-9-7-2)27-36-38(32,33)35-25-23-30(3,4)5/h10-11,13-14,28H,6-9,12,15-27H2,1-5H3/b11-10-,14-13-. The Labute approximate surface area is 233 Å². The maximum absolute atomic E-state index is 12.1. The fourth-order valence-electron chi connectivity index (χ4n) is 3.38. The van der Waals surface area contributed by atoms with Gasteiger partial charge in [-0.25, -0.2) is 0 Å². The van der Waals surface area contributed by atoms with Crippen LogP contribution in [0.2, 0.25) is 0 Å². The van der Waals surface area contributed by atoms with Gasteiger partial charge in [-0.3, -0.25) is 9.36 Å². The molecule has 0 bridgehead atoms. The van der Waals surface area contributed by atoms with Gasteiger partial charge in [-0.15, -0.1) is 0 Å². The van der Waals surface area contributed by atoms with E-state index in [1.807, 2.05) is 28.1 Å². The van der Waals surface area contributed by atoms with Crippen molar-refractivity contribution in [1.82, 2.24) is 0 Å². The van der Waals surface area contributed by atoms with E-state index in [1.54, 1.807) is 0 Å². The molecule has 9 heteroatoms. The summed E-state index contributed by atoms with van der Waals surface area (Å²) in [5, 5.41) is 0. The number of hydrogen-bond donors (Lipinski definition) is 0. The molecule has 0 aromatic carbocycles. The third-order valence-corrected chi connectivity index (χ3v) is 6.70. The van der Waals surface area contributed by atoms with Crippen molar-refractivity contribution in [3.63, 3.8) is 0 Å². The molecule has 0 aliphatic heterocycles. The van der Waals surface area contributed by atoms with Crippen LogP contribution in [0.25, 0.3) is 0 Å². The highest BCUT2D eigenvalue weighted by molar-refractivity contribution is 7.45. The Morgan fingerprint density at radius 3 is 2.13 bits per heavy atom. The lowest BCUT2D eigenvalue weighted by Crippen LogP contribution is -2.37. The Hall–Kier alpha value is -1.02. The van der Waals surface area contributed by atoms with Gasteiger partial charge >= 0.3 is 5.97 Å². The van der Waals surface area contributed by atoms with Crippen molar-refractivity contribution in [1.29, 1.82) is 0 Å². The lowest BCUT2D eigenvalue weighted by atomic mass is 10.1. The highest BCUT2D eigenvalue weighted by atomic mass is 31.2. The van der Waals surface area contributed by atoms with Crippen molar-refractivity contribution in [2.24, 2.45) is 0 Å². The lowest BCUT2D eigenvalue weighted by molar-refractivity contribution is -0.870. The first-order valence-corrected chi connectivity index (χ1v) is 16.0. The summed E-state index contributed by atoms with van der Waals surface area (Å²) in [6.45, 7) is 5.04. The Kier molecular flexibility index (Phi) is 23.2. The minimum atomic E-state index is -4.49. The second kappa shape index (κ2) is 23.8. The van der Waals surface area contributed by atoms with Gasteiger partial charge in [0.2, 0.25) is 0 Å². The Morgan fingerprint density at radius 1 is 0.816 bits per heavy atom. The summed E-state index contributed by atoms with van der Waals surface area (Å²) in [5.74, 6) is -0.376. The van der Waals surface area contributed by atoms with Gasteiger partial charge in [-0.2, -0.15) is 0 Å². The van der Waals surface area contributed by atoms with Gasteiger partial charge in [0.25, 0.3) is 7.82 Å². The molecule has 0 heterocycles. The quantitative estimate of drug-likeness (QED) is 0.0399. The fraction of sp³-hybridized carbons (Fsp3) is 0.828. The lowest BCUT2D eigenvalue weighted by Gasteiger charge is -2.28. The molecule has 0 aromatic heterocycles. The zero-order valence-electron chi connectivity index (χ0n) is 24.9. The molecular weight excluding hydrogens is 505 g/mol.